The van der Waals surface area contributed by atoms with Gasteiger partial charge in [0, 0.05) is 11.6 Å². The first kappa shape index (κ1) is 15.3. The summed E-state index contributed by atoms with van der Waals surface area (Å²) in [4.78, 5) is 10.6. The average molecular weight is 310 g/mol. The van der Waals surface area contributed by atoms with Crippen molar-refractivity contribution in [2.75, 3.05) is 0 Å². The summed E-state index contributed by atoms with van der Waals surface area (Å²) in [6.45, 7) is 3.42. The number of halogens is 2. The van der Waals surface area contributed by atoms with Gasteiger partial charge < -0.3 is 4.74 Å². The normalized spacial score (nSPS) is 10.5. The maximum absolute atomic E-state index is 13.9. The highest BCUT2D eigenvalue weighted by atomic mass is 35.5. The van der Waals surface area contributed by atoms with E-state index < -0.39 is 10.7 Å². The molecule has 0 saturated heterocycles. The molecular weight excluding hydrogens is 297 g/mol. The second kappa shape index (κ2) is 6.10. The third-order valence-corrected chi connectivity index (χ3v) is 3.28. The summed E-state index contributed by atoms with van der Waals surface area (Å²) in [7, 11) is 0. The van der Waals surface area contributed by atoms with Crippen LogP contribution in [0.15, 0.2) is 30.3 Å². The Kier molecular flexibility index (Phi) is 4.43. The van der Waals surface area contributed by atoms with Crippen LogP contribution in [-0.4, -0.2) is 4.92 Å². The Morgan fingerprint density at radius 1 is 1.29 bits per heavy atom. The third-order valence-electron chi connectivity index (χ3n) is 2.99. The number of aryl methyl sites for hydroxylation is 2. The summed E-state index contributed by atoms with van der Waals surface area (Å²) < 4.78 is 19.4. The number of hydrogen-bond donors (Lipinski definition) is 0. The zero-order chi connectivity index (χ0) is 15.6. The fourth-order valence-corrected chi connectivity index (χ4v) is 2.29. The van der Waals surface area contributed by atoms with Crippen molar-refractivity contribution in [3.63, 3.8) is 0 Å². The van der Waals surface area contributed by atoms with Crippen LogP contribution in [0.25, 0.3) is 0 Å². The number of hydrogen-bond acceptors (Lipinski definition) is 3. The van der Waals surface area contributed by atoms with E-state index in [1.54, 1.807) is 26.0 Å². The molecule has 21 heavy (non-hydrogen) atoms. The second-order valence-electron chi connectivity index (χ2n) is 4.65. The van der Waals surface area contributed by atoms with Crippen molar-refractivity contribution in [3.8, 4) is 11.5 Å². The van der Waals surface area contributed by atoms with Gasteiger partial charge in [0.2, 0.25) is 5.75 Å². The predicted molar refractivity (Wildman–Crippen MR) is 78.6 cm³/mol. The van der Waals surface area contributed by atoms with E-state index in [1.165, 1.54) is 18.2 Å². The van der Waals surface area contributed by atoms with Crippen LogP contribution < -0.4 is 4.74 Å². The van der Waals surface area contributed by atoms with E-state index in [-0.39, 0.29) is 23.1 Å². The Morgan fingerprint density at radius 3 is 2.62 bits per heavy atom. The minimum absolute atomic E-state index is 0.0297. The molecule has 0 aliphatic rings. The number of nitrogens with zero attached hydrogens (tertiary/aromatic N) is 1. The molecule has 0 radical (unpaired) electrons. The van der Waals surface area contributed by atoms with Crippen molar-refractivity contribution in [1.29, 1.82) is 0 Å². The largest absolute Gasteiger partial charge is 0.446 e. The molecule has 0 bridgehead atoms. The van der Waals surface area contributed by atoms with Crippen LogP contribution in [0.3, 0.4) is 0 Å². The number of ether oxygens (including phenoxy) is 1. The number of para-hydroxylation sites is 1. The van der Waals surface area contributed by atoms with Crippen LogP contribution in [0, 0.1) is 29.8 Å². The molecule has 0 saturated carbocycles. The monoisotopic (exact) mass is 309 g/mol. The molecule has 0 heterocycles. The topological polar surface area (TPSA) is 52.4 Å². The van der Waals surface area contributed by atoms with Crippen molar-refractivity contribution in [1.82, 2.24) is 0 Å². The van der Waals surface area contributed by atoms with Crippen molar-refractivity contribution >= 4 is 17.3 Å². The van der Waals surface area contributed by atoms with Gasteiger partial charge in [0.15, 0.2) is 11.6 Å². The number of benzene rings is 2. The van der Waals surface area contributed by atoms with Crippen LogP contribution in [0.4, 0.5) is 10.1 Å². The Labute approximate surface area is 126 Å². The molecule has 0 fully saturated rings. The molecule has 2 rings (SSSR count). The third kappa shape index (κ3) is 3.13. The molecule has 0 aromatic heterocycles. The van der Waals surface area contributed by atoms with Crippen molar-refractivity contribution in [2.24, 2.45) is 0 Å². The number of nitro benzene ring substituents is 1. The summed E-state index contributed by atoms with van der Waals surface area (Å²) in [5.41, 5.74) is 1.53. The molecule has 0 atom stereocenters. The number of rotatable bonds is 4. The first-order chi connectivity index (χ1) is 9.93. The van der Waals surface area contributed by atoms with E-state index in [1.807, 2.05) is 0 Å². The number of alkyl halides is 1. The molecule has 6 heteroatoms. The molecule has 0 aliphatic heterocycles. The summed E-state index contributed by atoms with van der Waals surface area (Å²) in [5.74, 6) is -0.613. The van der Waals surface area contributed by atoms with Gasteiger partial charge in [0.25, 0.3) is 0 Å². The van der Waals surface area contributed by atoms with Gasteiger partial charge in [-0.3, -0.25) is 10.1 Å². The Morgan fingerprint density at radius 2 is 2.00 bits per heavy atom. The highest BCUT2D eigenvalue weighted by molar-refractivity contribution is 6.17. The Hall–Kier alpha value is -2.14. The molecule has 2 aromatic rings. The highest BCUT2D eigenvalue weighted by Crippen LogP contribution is 2.38. The first-order valence-electron chi connectivity index (χ1n) is 6.21. The van der Waals surface area contributed by atoms with E-state index in [2.05, 4.69) is 0 Å². The summed E-state index contributed by atoms with van der Waals surface area (Å²) in [5, 5.41) is 11.2. The van der Waals surface area contributed by atoms with Crippen LogP contribution >= 0.6 is 11.6 Å². The Balaban J connectivity index is 2.57. The molecule has 0 aliphatic carbocycles. The van der Waals surface area contributed by atoms with Crippen LogP contribution in [-0.2, 0) is 5.88 Å². The molecule has 0 N–H and O–H groups in total. The lowest BCUT2D eigenvalue weighted by atomic mass is 10.1. The zero-order valence-electron chi connectivity index (χ0n) is 11.5. The maximum atomic E-state index is 13.9. The predicted octanol–water partition coefficient (Wildman–Crippen LogP) is 4.88. The molecular formula is C15H13ClFNO3. The highest BCUT2D eigenvalue weighted by Gasteiger charge is 2.21. The standard InChI is InChI=1S/C15H13ClFNO3/c1-9-6-10(2)14(13(7-9)18(19)20)21-15-11(8-16)4-3-5-12(15)17/h3-7H,8H2,1-2H3. The van der Waals surface area contributed by atoms with E-state index in [0.717, 1.165) is 5.56 Å². The maximum Gasteiger partial charge on any atom is 0.312 e. The summed E-state index contributed by atoms with van der Waals surface area (Å²) >= 11 is 5.76. The van der Waals surface area contributed by atoms with Gasteiger partial charge in [0.1, 0.15) is 0 Å². The fourth-order valence-electron chi connectivity index (χ4n) is 2.08. The minimum atomic E-state index is -0.609. The average Bonchev–Trinajstić information content (AvgIpc) is 2.42. The molecule has 110 valence electrons. The summed E-state index contributed by atoms with van der Waals surface area (Å²) in [6.07, 6.45) is 0. The SMILES string of the molecule is Cc1cc(C)c(Oc2c(F)cccc2CCl)c([N+](=O)[O-])c1. The summed E-state index contributed by atoms with van der Waals surface area (Å²) in [6, 6.07) is 7.48. The Bertz CT molecular complexity index is 704. The van der Waals surface area contributed by atoms with Crippen LogP contribution in [0.2, 0.25) is 0 Å². The van der Waals surface area contributed by atoms with Crippen LogP contribution in [0.1, 0.15) is 16.7 Å². The first-order valence-corrected chi connectivity index (χ1v) is 6.74. The van der Waals surface area contributed by atoms with Crippen molar-refractivity contribution in [3.05, 3.63) is 63.0 Å². The van der Waals surface area contributed by atoms with Gasteiger partial charge in [-0.2, -0.15) is 0 Å². The van der Waals surface area contributed by atoms with Crippen LogP contribution in [0.5, 0.6) is 11.5 Å². The van der Waals surface area contributed by atoms with E-state index in [9.17, 15) is 14.5 Å². The van der Waals surface area contributed by atoms with E-state index in [0.29, 0.717) is 11.1 Å². The molecule has 4 nitrogen and oxygen atoms in total. The van der Waals surface area contributed by atoms with Gasteiger partial charge in [-0.25, -0.2) is 4.39 Å². The van der Waals surface area contributed by atoms with Gasteiger partial charge in [0.05, 0.1) is 10.8 Å². The molecule has 2 aromatic carbocycles. The van der Waals surface area contributed by atoms with Gasteiger partial charge in [-0.1, -0.05) is 18.2 Å². The molecule has 0 amide bonds. The van der Waals surface area contributed by atoms with Crippen molar-refractivity contribution in [2.45, 2.75) is 19.7 Å². The van der Waals surface area contributed by atoms with Gasteiger partial charge >= 0.3 is 5.69 Å². The van der Waals surface area contributed by atoms with E-state index in [4.69, 9.17) is 16.3 Å². The minimum Gasteiger partial charge on any atom is -0.446 e. The van der Waals surface area contributed by atoms with E-state index >= 15 is 0 Å². The lowest BCUT2D eigenvalue weighted by Crippen LogP contribution is -2.00. The lowest BCUT2D eigenvalue weighted by Gasteiger charge is -2.13. The second-order valence-corrected chi connectivity index (χ2v) is 4.92. The van der Waals surface area contributed by atoms with Gasteiger partial charge in [-0.05, 0) is 31.0 Å². The number of nitro groups is 1. The molecule has 0 unspecified atom stereocenters. The van der Waals surface area contributed by atoms with Crippen molar-refractivity contribution < 1.29 is 14.1 Å². The molecule has 0 spiro atoms. The smallest absolute Gasteiger partial charge is 0.312 e. The fraction of sp³-hybridized carbons (Fsp3) is 0.200. The lowest BCUT2D eigenvalue weighted by molar-refractivity contribution is -0.385. The quantitative estimate of drug-likeness (QED) is 0.459. The zero-order valence-corrected chi connectivity index (χ0v) is 12.3. The van der Waals surface area contributed by atoms with Gasteiger partial charge in [-0.15, -0.1) is 11.6 Å².